The monoisotopic (exact) mass is 589 g/mol. The molecule has 4 aromatic rings. The number of pyridine rings is 1. The summed E-state index contributed by atoms with van der Waals surface area (Å²) in [4.78, 5) is 4.88. The SMILES string of the molecule is COc1cc(-c2nc3ccc(Br)cn3c2NC2CCCCC2)ccc1OS(=O)(=O)c1ccc(Cl)cc1. The molecule has 2 aromatic carbocycles. The van der Waals surface area contributed by atoms with E-state index in [2.05, 4.69) is 21.2 Å². The van der Waals surface area contributed by atoms with Crippen molar-refractivity contribution in [2.24, 2.45) is 0 Å². The highest BCUT2D eigenvalue weighted by Crippen LogP contribution is 2.38. The molecule has 188 valence electrons. The van der Waals surface area contributed by atoms with Gasteiger partial charge in [0.05, 0.1) is 7.11 Å². The van der Waals surface area contributed by atoms with Gasteiger partial charge in [-0.2, -0.15) is 8.42 Å². The van der Waals surface area contributed by atoms with Gasteiger partial charge >= 0.3 is 10.1 Å². The summed E-state index contributed by atoms with van der Waals surface area (Å²) < 4.78 is 39.5. The molecule has 10 heteroatoms. The average Bonchev–Trinajstić information content (AvgIpc) is 3.22. The quantitative estimate of drug-likeness (QED) is 0.235. The van der Waals surface area contributed by atoms with Crippen molar-refractivity contribution in [3.63, 3.8) is 0 Å². The number of aromatic nitrogens is 2. The van der Waals surface area contributed by atoms with Crippen molar-refractivity contribution in [1.82, 2.24) is 9.38 Å². The van der Waals surface area contributed by atoms with Gasteiger partial charge in [0, 0.05) is 27.3 Å². The van der Waals surface area contributed by atoms with Crippen LogP contribution in [0.25, 0.3) is 16.9 Å². The van der Waals surface area contributed by atoms with Gasteiger partial charge in [-0.15, -0.1) is 0 Å². The summed E-state index contributed by atoms with van der Waals surface area (Å²) in [6.45, 7) is 0. The van der Waals surface area contributed by atoms with Crippen LogP contribution in [0.3, 0.4) is 0 Å². The third kappa shape index (κ3) is 5.19. The van der Waals surface area contributed by atoms with Crippen molar-refractivity contribution >= 4 is 49.1 Å². The van der Waals surface area contributed by atoms with E-state index in [0.717, 1.165) is 40.0 Å². The lowest BCUT2D eigenvalue weighted by Crippen LogP contribution is -2.23. The maximum absolute atomic E-state index is 12.8. The number of anilines is 1. The minimum atomic E-state index is -4.07. The number of benzene rings is 2. The molecule has 0 atom stereocenters. The zero-order chi connectivity index (χ0) is 25.3. The molecule has 5 rings (SSSR count). The molecule has 0 radical (unpaired) electrons. The smallest absolute Gasteiger partial charge is 0.339 e. The third-order valence-corrected chi connectivity index (χ3v) is 8.24. The second-order valence-corrected chi connectivity index (χ2v) is 11.6. The Hall–Kier alpha value is -2.75. The molecule has 1 N–H and O–H groups in total. The van der Waals surface area contributed by atoms with E-state index in [1.54, 1.807) is 18.2 Å². The highest BCUT2D eigenvalue weighted by atomic mass is 79.9. The largest absolute Gasteiger partial charge is 0.493 e. The number of rotatable bonds is 7. The summed E-state index contributed by atoms with van der Waals surface area (Å²) in [6.07, 6.45) is 7.88. The first-order valence-electron chi connectivity index (χ1n) is 11.7. The maximum Gasteiger partial charge on any atom is 0.339 e. The zero-order valence-corrected chi connectivity index (χ0v) is 22.7. The van der Waals surface area contributed by atoms with Crippen molar-refractivity contribution in [3.05, 3.63) is 70.3 Å². The minimum Gasteiger partial charge on any atom is -0.493 e. The Bertz CT molecular complexity index is 1500. The van der Waals surface area contributed by atoms with Crippen LogP contribution in [0, 0.1) is 0 Å². The Morgan fingerprint density at radius 3 is 2.50 bits per heavy atom. The molecule has 1 fully saturated rings. The number of halogens is 2. The van der Waals surface area contributed by atoms with Crippen molar-refractivity contribution in [1.29, 1.82) is 0 Å². The lowest BCUT2D eigenvalue weighted by atomic mass is 9.95. The summed E-state index contributed by atoms with van der Waals surface area (Å²) in [5, 5.41) is 4.15. The van der Waals surface area contributed by atoms with Crippen LogP contribution in [0.2, 0.25) is 5.02 Å². The highest BCUT2D eigenvalue weighted by Gasteiger charge is 2.23. The number of ether oxygens (including phenoxy) is 1. The predicted octanol–water partition coefficient (Wildman–Crippen LogP) is 6.94. The Morgan fingerprint density at radius 2 is 1.78 bits per heavy atom. The molecule has 1 saturated carbocycles. The van der Waals surface area contributed by atoms with Crippen molar-refractivity contribution < 1.29 is 17.3 Å². The first-order chi connectivity index (χ1) is 17.3. The van der Waals surface area contributed by atoms with Crippen molar-refractivity contribution in [2.45, 2.75) is 43.0 Å². The molecule has 1 aliphatic rings. The number of nitrogens with one attached hydrogen (secondary N) is 1. The first kappa shape index (κ1) is 24.9. The Kier molecular flexibility index (Phi) is 7.14. The molecule has 0 saturated heterocycles. The summed E-state index contributed by atoms with van der Waals surface area (Å²) in [6, 6.07) is 15.2. The van der Waals surface area contributed by atoms with Gasteiger partial charge in [-0.05, 0) is 83.4 Å². The van der Waals surface area contributed by atoms with E-state index in [1.165, 1.54) is 50.6 Å². The molecule has 0 bridgehead atoms. The van der Waals surface area contributed by atoms with E-state index in [-0.39, 0.29) is 16.4 Å². The van der Waals surface area contributed by atoms with Gasteiger partial charge in [-0.3, -0.25) is 4.40 Å². The highest BCUT2D eigenvalue weighted by molar-refractivity contribution is 9.10. The summed E-state index contributed by atoms with van der Waals surface area (Å²) in [7, 11) is -2.59. The van der Waals surface area contributed by atoms with E-state index in [4.69, 9.17) is 25.5 Å². The van der Waals surface area contributed by atoms with Crippen molar-refractivity contribution in [3.8, 4) is 22.8 Å². The fraction of sp³-hybridized carbons (Fsp3) is 0.269. The van der Waals surface area contributed by atoms with E-state index in [9.17, 15) is 8.42 Å². The van der Waals surface area contributed by atoms with Crippen LogP contribution in [0.4, 0.5) is 5.82 Å². The zero-order valence-electron chi connectivity index (χ0n) is 19.6. The molecule has 7 nitrogen and oxygen atoms in total. The third-order valence-electron chi connectivity index (χ3n) is 6.27. The Balaban J connectivity index is 1.52. The lowest BCUT2D eigenvalue weighted by molar-refractivity contribution is 0.391. The van der Waals surface area contributed by atoms with E-state index in [0.29, 0.717) is 11.1 Å². The van der Waals surface area contributed by atoms with Gasteiger partial charge in [0.2, 0.25) is 0 Å². The van der Waals surface area contributed by atoms with Crippen LogP contribution in [0.15, 0.2) is 70.2 Å². The van der Waals surface area contributed by atoms with E-state index >= 15 is 0 Å². The average molecular weight is 591 g/mol. The maximum atomic E-state index is 12.8. The van der Waals surface area contributed by atoms with Crippen LogP contribution < -0.4 is 14.2 Å². The van der Waals surface area contributed by atoms with E-state index in [1.807, 2.05) is 22.7 Å². The fourth-order valence-corrected chi connectivity index (χ4v) is 5.85. The molecule has 2 aromatic heterocycles. The molecular formula is C26H25BrClN3O4S. The van der Waals surface area contributed by atoms with Gasteiger partial charge in [0.1, 0.15) is 22.1 Å². The fourth-order valence-electron chi connectivity index (χ4n) is 4.45. The van der Waals surface area contributed by atoms with Gasteiger partial charge in [0.25, 0.3) is 0 Å². The lowest BCUT2D eigenvalue weighted by Gasteiger charge is -2.24. The van der Waals surface area contributed by atoms with Gasteiger partial charge in [-0.1, -0.05) is 30.9 Å². The van der Waals surface area contributed by atoms with Crippen LogP contribution in [-0.2, 0) is 10.1 Å². The topological polar surface area (TPSA) is 81.9 Å². The Labute approximate surface area is 223 Å². The van der Waals surface area contributed by atoms with Crippen LogP contribution in [-0.4, -0.2) is 31.0 Å². The Morgan fingerprint density at radius 1 is 1.03 bits per heavy atom. The van der Waals surface area contributed by atoms with Crippen LogP contribution in [0.5, 0.6) is 11.5 Å². The summed E-state index contributed by atoms with van der Waals surface area (Å²) >= 11 is 9.45. The number of hydrogen-bond acceptors (Lipinski definition) is 6. The second kappa shape index (κ2) is 10.3. The number of fused-ring (bicyclic) bond motifs is 1. The number of nitrogens with zero attached hydrogens (tertiary/aromatic N) is 2. The molecule has 36 heavy (non-hydrogen) atoms. The molecule has 1 aliphatic carbocycles. The van der Waals surface area contributed by atoms with Crippen molar-refractivity contribution in [2.75, 3.05) is 12.4 Å². The van der Waals surface area contributed by atoms with Gasteiger partial charge in [-0.25, -0.2) is 4.98 Å². The summed E-state index contributed by atoms with van der Waals surface area (Å²) in [5.41, 5.74) is 2.33. The normalized spacial score (nSPS) is 14.6. The first-order valence-corrected chi connectivity index (χ1v) is 14.2. The predicted molar refractivity (Wildman–Crippen MR) is 145 cm³/mol. The van der Waals surface area contributed by atoms with E-state index < -0.39 is 10.1 Å². The molecule has 0 unspecified atom stereocenters. The molecule has 0 aliphatic heterocycles. The number of imidazole rings is 1. The molecule has 2 heterocycles. The minimum absolute atomic E-state index is 0.00271. The standard InChI is InChI=1S/C26H25BrClN3O4S/c1-34-23-15-17(7-13-22(23)35-36(32,33)21-11-9-19(28)10-12-21)25-26(29-20-5-3-2-4-6-20)31-16-18(27)8-14-24(31)30-25/h7-16,20,29H,2-6H2,1H3. The van der Waals surface area contributed by atoms with Crippen LogP contribution >= 0.6 is 27.5 Å². The molecule has 0 spiro atoms. The number of methoxy groups -OCH3 is 1. The summed E-state index contributed by atoms with van der Waals surface area (Å²) in [5.74, 6) is 1.26. The second-order valence-electron chi connectivity index (χ2n) is 8.72. The number of hydrogen-bond donors (Lipinski definition) is 1. The van der Waals surface area contributed by atoms with Gasteiger partial charge in [0.15, 0.2) is 11.5 Å². The molecular weight excluding hydrogens is 566 g/mol. The van der Waals surface area contributed by atoms with Gasteiger partial charge < -0.3 is 14.2 Å². The molecule has 0 amide bonds. The van der Waals surface area contributed by atoms with Crippen LogP contribution in [0.1, 0.15) is 32.1 Å².